The fraction of sp³-hybridized carbons (Fsp3) is 0.350. The van der Waals surface area contributed by atoms with E-state index < -0.39 is 0 Å². The van der Waals surface area contributed by atoms with Gasteiger partial charge in [0.2, 0.25) is 0 Å². The highest BCUT2D eigenvalue weighted by molar-refractivity contribution is 6.30. The third-order valence-electron chi connectivity index (χ3n) is 4.88. The Morgan fingerprint density at radius 3 is 2.48 bits per heavy atom. The van der Waals surface area contributed by atoms with Gasteiger partial charge in [-0.05, 0) is 30.7 Å². The van der Waals surface area contributed by atoms with Crippen LogP contribution in [0.25, 0.3) is 0 Å². The first-order valence-corrected chi connectivity index (χ1v) is 9.25. The molecule has 0 spiro atoms. The van der Waals surface area contributed by atoms with E-state index in [9.17, 15) is 4.79 Å². The van der Waals surface area contributed by atoms with Crippen LogP contribution in [0.2, 0.25) is 5.02 Å². The zero-order valence-corrected chi connectivity index (χ0v) is 15.4. The minimum Gasteiger partial charge on any atom is -0.322 e. The Balaban J connectivity index is 1.44. The van der Waals surface area contributed by atoms with Crippen LogP contribution in [0.4, 0.5) is 5.69 Å². The Labute approximate surface area is 154 Å². The summed E-state index contributed by atoms with van der Waals surface area (Å²) in [6.07, 6.45) is 0. The fourth-order valence-corrected chi connectivity index (χ4v) is 3.58. The van der Waals surface area contributed by atoms with E-state index in [1.54, 1.807) is 17.0 Å². The van der Waals surface area contributed by atoms with Crippen molar-refractivity contribution in [3.05, 3.63) is 64.7 Å². The van der Waals surface area contributed by atoms with E-state index in [0.717, 1.165) is 38.4 Å². The van der Waals surface area contributed by atoms with Crippen molar-refractivity contribution in [1.82, 2.24) is 0 Å². The van der Waals surface area contributed by atoms with Crippen LogP contribution in [-0.4, -0.2) is 38.6 Å². The van der Waals surface area contributed by atoms with Gasteiger partial charge in [-0.3, -0.25) is 4.79 Å². The van der Waals surface area contributed by atoms with Crippen molar-refractivity contribution in [3.8, 4) is 0 Å². The minimum absolute atomic E-state index is 0.0552. The summed E-state index contributed by atoms with van der Waals surface area (Å²) in [6, 6.07) is 15.9. The van der Waals surface area contributed by atoms with Crippen LogP contribution in [0.5, 0.6) is 0 Å². The molecule has 5 heteroatoms. The molecule has 1 saturated heterocycles. The summed E-state index contributed by atoms with van der Waals surface area (Å²) in [7, 11) is 0. The minimum atomic E-state index is 0.0552. The zero-order chi connectivity index (χ0) is 17.6. The first-order valence-electron chi connectivity index (χ1n) is 8.87. The van der Waals surface area contributed by atoms with Gasteiger partial charge in [-0.1, -0.05) is 41.9 Å². The van der Waals surface area contributed by atoms with Crippen LogP contribution in [0.15, 0.2) is 48.5 Å². The molecule has 1 heterocycles. The maximum absolute atomic E-state index is 12.2. The molecule has 0 aromatic heterocycles. The van der Waals surface area contributed by atoms with Crippen molar-refractivity contribution in [2.45, 2.75) is 13.5 Å². The van der Waals surface area contributed by atoms with Gasteiger partial charge >= 0.3 is 0 Å². The van der Waals surface area contributed by atoms with Crippen molar-refractivity contribution in [2.75, 3.05) is 38.0 Å². The average molecular weight is 360 g/mol. The molecule has 1 aliphatic rings. The number of halogens is 1. The highest BCUT2D eigenvalue weighted by atomic mass is 35.5. The highest BCUT2D eigenvalue weighted by Crippen LogP contribution is 2.14. The van der Waals surface area contributed by atoms with E-state index in [1.807, 2.05) is 12.1 Å². The summed E-state index contributed by atoms with van der Waals surface area (Å²) in [5, 5.41) is 3.58. The predicted molar refractivity (Wildman–Crippen MR) is 101 cm³/mol. The van der Waals surface area contributed by atoms with Crippen molar-refractivity contribution >= 4 is 23.2 Å². The molecule has 3 rings (SSSR count). The Morgan fingerprint density at radius 1 is 1.04 bits per heavy atom. The van der Waals surface area contributed by atoms with Crippen LogP contribution >= 0.6 is 11.6 Å². The van der Waals surface area contributed by atoms with Crippen LogP contribution in [-0.2, 0) is 11.3 Å². The number of benzene rings is 2. The van der Waals surface area contributed by atoms with Gasteiger partial charge in [0.25, 0.3) is 5.91 Å². The van der Waals surface area contributed by atoms with Crippen LogP contribution in [0.3, 0.4) is 0 Å². The van der Waals surface area contributed by atoms with E-state index in [2.05, 4.69) is 36.5 Å². The van der Waals surface area contributed by atoms with E-state index >= 15 is 0 Å². The number of aryl methyl sites for hydroxylation is 1. The third-order valence-corrected chi connectivity index (χ3v) is 5.12. The van der Waals surface area contributed by atoms with E-state index in [0.29, 0.717) is 11.6 Å². The van der Waals surface area contributed by atoms with Gasteiger partial charge in [0.15, 0.2) is 6.54 Å². The number of anilines is 1. The van der Waals surface area contributed by atoms with Crippen molar-refractivity contribution in [1.29, 1.82) is 0 Å². The molecule has 1 amide bonds. The number of nitrogens with one attached hydrogen (secondary N) is 3. The summed E-state index contributed by atoms with van der Waals surface area (Å²) in [6.45, 7) is 8.05. The molecular weight excluding hydrogens is 334 g/mol. The van der Waals surface area contributed by atoms with Gasteiger partial charge in [-0.15, -0.1) is 0 Å². The summed E-state index contributed by atoms with van der Waals surface area (Å²) in [5.41, 5.74) is 3.56. The first-order chi connectivity index (χ1) is 12.1. The second-order valence-electron chi connectivity index (χ2n) is 6.84. The number of piperazine rings is 1. The third kappa shape index (κ3) is 5.30. The maximum Gasteiger partial charge on any atom is 0.279 e. The molecule has 4 nitrogen and oxygen atoms in total. The molecular formula is C20H26ClN3O+2. The Hall–Kier alpha value is -1.88. The Bertz CT molecular complexity index is 726. The second-order valence-corrected chi connectivity index (χ2v) is 7.27. The first kappa shape index (κ1) is 17.9. The predicted octanol–water partition coefficient (Wildman–Crippen LogP) is 0.571. The second kappa shape index (κ2) is 8.48. The normalized spacial score (nSPS) is 20.2. The molecule has 0 saturated carbocycles. The number of hydrogen-bond acceptors (Lipinski definition) is 1. The summed E-state index contributed by atoms with van der Waals surface area (Å²) < 4.78 is 0. The fourth-order valence-electron chi connectivity index (χ4n) is 3.39. The molecule has 0 atom stereocenters. The maximum atomic E-state index is 12.2. The zero-order valence-electron chi connectivity index (χ0n) is 14.6. The summed E-state index contributed by atoms with van der Waals surface area (Å²) in [5.74, 6) is 0.0552. The topological polar surface area (TPSA) is 38.0 Å². The quantitative estimate of drug-likeness (QED) is 0.717. The molecule has 132 valence electrons. The SMILES string of the molecule is Cc1ccccc1C[NH+]1CC[NH+](CC(=O)Nc2cccc(Cl)c2)CC1. The molecule has 2 aromatic carbocycles. The standard InChI is InChI=1S/C20H24ClN3O/c1-16-5-2-3-6-17(16)14-23-9-11-24(12-10-23)15-20(25)22-19-8-4-7-18(21)13-19/h2-8,13H,9-12,14-15H2,1H3,(H,22,25)/p+2. The molecule has 0 aliphatic carbocycles. The van der Waals surface area contributed by atoms with Crippen molar-refractivity contribution < 1.29 is 14.6 Å². The van der Waals surface area contributed by atoms with Crippen molar-refractivity contribution in [2.24, 2.45) is 0 Å². The van der Waals surface area contributed by atoms with E-state index in [-0.39, 0.29) is 5.91 Å². The van der Waals surface area contributed by atoms with Gasteiger partial charge in [-0.2, -0.15) is 0 Å². The number of carbonyl (C=O) groups is 1. The molecule has 25 heavy (non-hydrogen) atoms. The highest BCUT2D eigenvalue weighted by Gasteiger charge is 2.25. The van der Waals surface area contributed by atoms with Crippen LogP contribution in [0.1, 0.15) is 11.1 Å². The Morgan fingerprint density at radius 2 is 1.76 bits per heavy atom. The lowest BCUT2D eigenvalue weighted by molar-refractivity contribution is -1.02. The lowest BCUT2D eigenvalue weighted by Gasteiger charge is -2.29. The van der Waals surface area contributed by atoms with Crippen molar-refractivity contribution in [3.63, 3.8) is 0 Å². The van der Waals surface area contributed by atoms with Gasteiger partial charge in [0.05, 0.1) is 0 Å². The van der Waals surface area contributed by atoms with E-state index in [4.69, 9.17) is 11.6 Å². The summed E-state index contributed by atoms with van der Waals surface area (Å²) >= 11 is 5.95. The molecule has 1 aliphatic heterocycles. The molecule has 0 radical (unpaired) electrons. The van der Waals surface area contributed by atoms with Crippen LogP contribution in [0, 0.1) is 6.92 Å². The number of carbonyl (C=O) groups excluding carboxylic acids is 1. The smallest absolute Gasteiger partial charge is 0.279 e. The largest absolute Gasteiger partial charge is 0.322 e. The lowest BCUT2D eigenvalue weighted by Crippen LogP contribution is -3.28. The van der Waals surface area contributed by atoms with E-state index in [1.165, 1.54) is 16.0 Å². The monoisotopic (exact) mass is 359 g/mol. The van der Waals surface area contributed by atoms with Gasteiger partial charge in [0.1, 0.15) is 32.7 Å². The number of hydrogen-bond donors (Lipinski definition) is 3. The Kier molecular flexibility index (Phi) is 6.08. The number of rotatable bonds is 5. The molecule has 0 unspecified atom stereocenters. The van der Waals surface area contributed by atoms with Gasteiger partial charge < -0.3 is 15.1 Å². The molecule has 2 aromatic rings. The van der Waals surface area contributed by atoms with Gasteiger partial charge in [-0.25, -0.2) is 0 Å². The summed E-state index contributed by atoms with van der Waals surface area (Å²) in [4.78, 5) is 15.2. The molecule has 3 N–H and O–H groups in total. The molecule has 0 bridgehead atoms. The number of amides is 1. The lowest BCUT2D eigenvalue weighted by atomic mass is 10.1. The number of quaternary nitrogens is 2. The average Bonchev–Trinajstić information content (AvgIpc) is 2.58. The van der Waals surface area contributed by atoms with Gasteiger partial charge in [0, 0.05) is 16.3 Å². The molecule has 1 fully saturated rings. The van der Waals surface area contributed by atoms with Crippen LogP contribution < -0.4 is 15.1 Å².